The number of aromatic amines is 1. The average Bonchev–Trinajstić information content (AvgIpc) is 3.38. The van der Waals surface area contributed by atoms with Gasteiger partial charge in [-0.3, -0.25) is 19.5 Å². The summed E-state index contributed by atoms with van der Waals surface area (Å²) in [5.41, 5.74) is 3.05. The summed E-state index contributed by atoms with van der Waals surface area (Å²) in [5, 5.41) is 18.0. The van der Waals surface area contributed by atoms with Gasteiger partial charge in [-0.05, 0) is 52.8 Å². The highest BCUT2D eigenvalue weighted by Gasteiger charge is 2.36. The maximum absolute atomic E-state index is 13.5. The second-order valence-corrected chi connectivity index (χ2v) is 13.6. The van der Waals surface area contributed by atoms with E-state index in [1.807, 2.05) is 62.4 Å². The van der Waals surface area contributed by atoms with Gasteiger partial charge < -0.3 is 30.1 Å². The van der Waals surface area contributed by atoms with Gasteiger partial charge in [0, 0.05) is 42.2 Å². The van der Waals surface area contributed by atoms with Crippen LogP contribution in [0.5, 0.6) is 0 Å². The molecule has 3 atom stereocenters. The maximum atomic E-state index is 13.5. The molecule has 11 nitrogen and oxygen atoms in total. The minimum Gasteiger partial charge on any atom is -0.480 e. The number of hydrogen-bond donors (Lipinski definition) is 6. The quantitative estimate of drug-likeness (QED) is 0.122. The van der Waals surface area contributed by atoms with Crippen molar-refractivity contribution < 1.29 is 33.8 Å². The Balaban J connectivity index is 1.30. The first-order chi connectivity index (χ1) is 20.9. The van der Waals surface area contributed by atoms with E-state index in [0.29, 0.717) is 12.1 Å². The van der Waals surface area contributed by atoms with Crippen molar-refractivity contribution in [2.75, 3.05) is 6.54 Å². The fraction of sp³-hybridized carbons (Fsp3) is 0.344. The highest BCUT2D eigenvalue weighted by Crippen LogP contribution is 2.42. The van der Waals surface area contributed by atoms with Crippen molar-refractivity contribution >= 4 is 47.1 Å². The zero-order valence-electron chi connectivity index (χ0n) is 24.6. The molecule has 6 N–H and O–H groups in total. The van der Waals surface area contributed by atoms with Gasteiger partial charge in [-0.15, -0.1) is 0 Å². The Kier molecular flexibility index (Phi) is 9.22. The van der Waals surface area contributed by atoms with Gasteiger partial charge in [0.15, 0.2) is 0 Å². The molecule has 2 heterocycles. The van der Waals surface area contributed by atoms with Crippen LogP contribution in [0, 0.1) is 5.92 Å². The largest absolute Gasteiger partial charge is 0.480 e. The van der Waals surface area contributed by atoms with E-state index in [0.717, 1.165) is 32.8 Å². The van der Waals surface area contributed by atoms with Gasteiger partial charge in [0.2, 0.25) is 5.91 Å². The predicted octanol–water partition coefficient (Wildman–Crippen LogP) is 3.99. The number of carboxylic acids is 1. The van der Waals surface area contributed by atoms with Crippen molar-refractivity contribution in [1.29, 1.82) is 0 Å². The molecule has 3 aromatic carbocycles. The van der Waals surface area contributed by atoms with Crippen LogP contribution in [0.2, 0.25) is 0 Å². The Hall–Kier alpha value is -4.02. The molecular formula is C32H37N4O7P. The molecule has 1 aliphatic rings. The lowest BCUT2D eigenvalue weighted by atomic mass is 9.94. The Labute approximate surface area is 254 Å². The normalized spacial score (nSPS) is 15.5. The first-order valence-electron chi connectivity index (χ1n) is 14.6. The molecule has 1 aliphatic heterocycles. The number of aromatic nitrogens is 1. The van der Waals surface area contributed by atoms with Crippen LogP contribution < -0.4 is 10.6 Å². The SMILES string of the molecule is CC(C)C[C@H](NC(CCN1Cc2cccc3cccc(c23)C1=O)P(=O)(O)O)C(=O)N[C@@H](Cc1c[nH]c2ccccc12)C(=O)O. The summed E-state index contributed by atoms with van der Waals surface area (Å²) < 4.78 is 12.6. The predicted molar refractivity (Wildman–Crippen MR) is 167 cm³/mol. The summed E-state index contributed by atoms with van der Waals surface area (Å²) in [5.74, 6) is -3.60. The molecule has 0 saturated heterocycles. The fourth-order valence-electron chi connectivity index (χ4n) is 5.93. The number of rotatable bonds is 13. The maximum Gasteiger partial charge on any atom is 0.342 e. The van der Waals surface area contributed by atoms with Crippen molar-refractivity contribution in [2.45, 2.75) is 57.5 Å². The number of benzene rings is 3. The first-order valence-corrected chi connectivity index (χ1v) is 16.3. The van der Waals surface area contributed by atoms with E-state index >= 15 is 0 Å². The van der Waals surface area contributed by atoms with Crippen molar-refractivity contribution in [3.63, 3.8) is 0 Å². The lowest BCUT2D eigenvalue weighted by molar-refractivity contribution is -0.142. The fourth-order valence-corrected chi connectivity index (χ4v) is 6.76. The van der Waals surface area contributed by atoms with Crippen molar-refractivity contribution in [1.82, 2.24) is 20.5 Å². The molecule has 4 aromatic rings. The number of carbonyl (C=O) groups is 3. The highest BCUT2D eigenvalue weighted by atomic mass is 31.2. The zero-order chi connectivity index (χ0) is 31.6. The standard InChI is InChI=1S/C32H37N4O7P/c1-19(2)15-26(30(37)35-27(32(39)40)16-22-17-33-25-12-4-3-10-23(22)25)34-28(44(41,42)43)13-14-36-18-21-9-5-7-20-8-6-11-24(29(20)21)31(36)38/h3-12,17,19,26-28,33-34H,13-16,18H2,1-2H3,(H,35,37)(H,39,40)(H2,41,42,43)/t26-,27-,28?/m0/s1. The van der Waals surface area contributed by atoms with Crippen LogP contribution in [0.3, 0.4) is 0 Å². The number of H-pyrrole nitrogens is 1. The van der Waals surface area contributed by atoms with Crippen LogP contribution in [0.25, 0.3) is 21.7 Å². The minimum atomic E-state index is -4.79. The van der Waals surface area contributed by atoms with E-state index in [1.54, 1.807) is 23.2 Å². The monoisotopic (exact) mass is 620 g/mol. The van der Waals surface area contributed by atoms with Crippen LogP contribution in [0.1, 0.15) is 48.2 Å². The second-order valence-electron chi connectivity index (χ2n) is 11.8. The number of carbonyl (C=O) groups excluding carboxylic acids is 2. The van der Waals surface area contributed by atoms with Crippen LogP contribution in [-0.2, 0) is 27.1 Å². The van der Waals surface area contributed by atoms with Gasteiger partial charge in [-0.1, -0.05) is 62.4 Å². The smallest absolute Gasteiger partial charge is 0.342 e. The van der Waals surface area contributed by atoms with Gasteiger partial charge in [-0.2, -0.15) is 0 Å². The number of aliphatic carboxylic acids is 1. The summed E-state index contributed by atoms with van der Waals surface area (Å²) >= 11 is 0. The third-order valence-corrected chi connectivity index (χ3v) is 9.30. The number of nitrogens with one attached hydrogen (secondary N) is 3. The number of amides is 2. The van der Waals surface area contributed by atoms with Gasteiger partial charge >= 0.3 is 13.6 Å². The zero-order valence-corrected chi connectivity index (χ0v) is 25.5. The van der Waals surface area contributed by atoms with Crippen molar-refractivity contribution in [3.05, 3.63) is 83.6 Å². The van der Waals surface area contributed by atoms with Gasteiger partial charge in [0.25, 0.3) is 5.91 Å². The van der Waals surface area contributed by atoms with Gasteiger partial charge in [-0.25, -0.2) is 4.79 Å². The molecule has 2 amide bonds. The molecule has 0 radical (unpaired) electrons. The molecular weight excluding hydrogens is 583 g/mol. The molecule has 1 aromatic heterocycles. The number of hydrogen-bond acceptors (Lipinski definition) is 5. The van der Waals surface area contributed by atoms with Crippen LogP contribution in [0.4, 0.5) is 0 Å². The molecule has 0 saturated carbocycles. The molecule has 0 fully saturated rings. The lowest BCUT2D eigenvalue weighted by Crippen LogP contribution is -2.53. The van der Waals surface area contributed by atoms with E-state index in [9.17, 15) is 33.8 Å². The summed E-state index contributed by atoms with van der Waals surface area (Å²) in [6.45, 7) is 4.06. The molecule has 232 valence electrons. The number of fused-ring (bicyclic) bond motifs is 1. The molecule has 0 bridgehead atoms. The molecule has 5 rings (SSSR count). The summed E-state index contributed by atoms with van der Waals surface area (Å²) in [6, 6.07) is 16.4. The summed E-state index contributed by atoms with van der Waals surface area (Å²) in [4.78, 5) is 64.2. The van der Waals surface area contributed by atoms with Crippen LogP contribution in [-0.4, -0.2) is 67.0 Å². The third-order valence-electron chi connectivity index (χ3n) is 8.08. The topological polar surface area (TPSA) is 172 Å². The van der Waals surface area contributed by atoms with E-state index in [4.69, 9.17) is 0 Å². The highest BCUT2D eigenvalue weighted by molar-refractivity contribution is 7.52. The molecule has 44 heavy (non-hydrogen) atoms. The van der Waals surface area contributed by atoms with Gasteiger partial charge in [0.05, 0.1) is 6.04 Å². The number of carboxylic acid groups (broad SMARTS) is 1. The van der Waals surface area contributed by atoms with E-state index in [-0.39, 0.29) is 37.6 Å². The third kappa shape index (κ3) is 6.87. The Morgan fingerprint density at radius 2 is 1.75 bits per heavy atom. The van der Waals surface area contributed by atoms with Crippen LogP contribution >= 0.6 is 7.60 Å². The number of nitrogens with zero attached hydrogens (tertiary/aromatic N) is 1. The number of para-hydroxylation sites is 1. The van der Waals surface area contributed by atoms with Gasteiger partial charge in [0.1, 0.15) is 11.8 Å². The summed E-state index contributed by atoms with van der Waals surface area (Å²) in [6.07, 6.45) is 1.82. The first kappa shape index (κ1) is 31.4. The molecule has 12 heteroatoms. The van der Waals surface area contributed by atoms with Crippen molar-refractivity contribution in [2.24, 2.45) is 5.92 Å². The summed E-state index contributed by atoms with van der Waals surface area (Å²) in [7, 11) is -4.79. The molecule has 0 spiro atoms. The Bertz CT molecular complexity index is 1740. The van der Waals surface area contributed by atoms with E-state index < -0.39 is 37.3 Å². The van der Waals surface area contributed by atoms with E-state index in [1.165, 1.54) is 0 Å². The Morgan fingerprint density at radius 1 is 1.02 bits per heavy atom. The van der Waals surface area contributed by atoms with Crippen LogP contribution in [0.15, 0.2) is 66.9 Å². The lowest BCUT2D eigenvalue weighted by Gasteiger charge is -2.32. The van der Waals surface area contributed by atoms with E-state index in [2.05, 4.69) is 15.6 Å². The second kappa shape index (κ2) is 12.9. The minimum absolute atomic E-state index is 0.0205. The van der Waals surface area contributed by atoms with Crippen molar-refractivity contribution in [3.8, 4) is 0 Å². The molecule has 1 unspecified atom stereocenters. The Morgan fingerprint density at radius 3 is 2.45 bits per heavy atom. The molecule has 0 aliphatic carbocycles. The average molecular weight is 621 g/mol.